The zero-order valence-electron chi connectivity index (χ0n) is 17.4. The molecule has 0 spiro atoms. The van der Waals surface area contributed by atoms with Gasteiger partial charge in [-0.25, -0.2) is 14.4 Å². The van der Waals surface area contributed by atoms with Crippen LogP contribution in [-0.4, -0.2) is 61.3 Å². The van der Waals surface area contributed by atoms with E-state index in [-0.39, 0.29) is 35.8 Å². The van der Waals surface area contributed by atoms with E-state index < -0.39 is 11.9 Å². The summed E-state index contributed by atoms with van der Waals surface area (Å²) in [4.78, 5) is 38.0. The first kappa shape index (κ1) is 21.8. The average molecular weight is 413 g/mol. The summed E-state index contributed by atoms with van der Waals surface area (Å²) in [5.74, 6) is -1.51. The highest BCUT2D eigenvalue weighted by Gasteiger charge is 2.47. The van der Waals surface area contributed by atoms with Gasteiger partial charge in [-0.2, -0.15) is 0 Å². The van der Waals surface area contributed by atoms with Crippen LogP contribution in [0.3, 0.4) is 0 Å². The number of piperidine rings is 1. The number of rotatable bonds is 6. The zero-order chi connectivity index (χ0) is 21.7. The van der Waals surface area contributed by atoms with Crippen LogP contribution in [0.1, 0.15) is 31.7 Å². The van der Waals surface area contributed by atoms with Crippen molar-refractivity contribution in [2.45, 2.75) is 50.5 Å². The maximum absolute atomic E-state index is 12.3. The number of fused-ring (bicyclic) bond motifs is 2. The van der Waals surface area contributed by atoms with Crippen LogP contribution in [0.25, 0.3) is 6.08 Å². The Bertz CT molecular complexity index is 847. The maximum atomic E-state index is 12.3. The largest absolute Gasteiger partial charge is 0.466 e. The van der Waals surface area contributed by atoms with E-state index in [1.165, 1.54) is 20.1 Å². The van der Waals surface area contributed by atoms with Gasteiger partial charge in [0, 0.05) is 43.0 Å². The number of carbonyl (C=O) groups is 3. The number of ether oxygens (including phenoxy) is 3. The fourth-order valence-corrected chi connectivity index (χ4v) is 4.11. The first-order chi connectivity index (χ1) is 14.4. The highest BCUT2D eigenvalue weighted by molar-refractivity contribution is 5.95. The molecule has 3 rings (SSSR count). The van der Waals surface area contributed by atoms with Crippen molar-refractivity contribution in [1.29, 1.82) is 0 Å². The van der Waals surface area contributed by atoms with E-state index in [2.05, 4.69) is 9.64 Å². The summed E-state index contributed by atoms with van der Waals surface area (Å²) in [6.45, 7) is 1.50. The van der Waals surface area contributed by atoms with Crippen LogP contribution in [0, 0.1) is 0 Å². The van der Waals surface area contributed by atoms with Crippen LogP contribution < -0.4 is 0 Å². The molecule has 0 aliphatic carbocycles. The van der Waals surface area contributed by atoms with Gasteiger partial charge in [0.1, 0.15) is 12.2 Å². The van der Waals surface area contributed by atoms with Crippen LogP contribution >= 0.6 is 0 Å². The molecule has 0 saturated carbocycles. The van der Waals surface area contributed by atoms with Crippen molar-refractivity contribution in [2.75, 3.05) is 14.2 Å². The molecule has 0 amide bonds. The fourth-order valence-electron chi connectivity index (χ4n) is 4.11. The quantitative estimate of drug-likeness (QED) is 0.403. The Hall–Kier alpha value is -2.93. The molecule has 1 aromatic carbocycles. The normalized spacial score (nSPS) is 26.4. The van der Waals surface area contributed by atoms with Crippen molar-refractivity contribution in [2.24, 2.45) is 0 Å². The smallest absolute Gasteiger partial charge is 0.333 e. The number of methoxy groups -OCH3 is 1. The van der Waals surface area contributed by atoms with Gasteiger partial charge in [-0.15, -0.1) is 0 Å². The Labute approximate surface area is 176 Å². The van der Waals surface area contributed by atoms with Gasteiger partial charge in [-0.1, -0.05) is 30.3 Å². The predicted molar refractivity (Wildman–Crippen MR) is 110 cm³/mol. The molecule has 2 bridgehead atoms. The second kappa shape index (κ2) is 9.71. The van der Waals surface area contributed by atoms with Crippen molar-refractivity contribution in [3.05, 3.63) is 53.6 Å². The summed E-state index contributed by atoms with van der Waals surface area (Å²) < 4.78 is 15.8. The molecule has 4 atom stereocenters. The first-order valence-corrected chi connectivity index (χ1v) is 10.00. The molecule has 0 N–H and O–H groups in total. The lowest BCUT2D eigenvalue weighted by molar-refractivity contribution is -0.150. The lowest BCUT2D eigenvalue weighted by Crippen LogP contribution is -2.46. The van der Waals surface area contributed by atoms with E-state index in [4.69, 9.17) is 9.47 Å². The summed E-state index contributed by atoms with van der Waals surface area (Å²) in [6.07, 6.45) is 5.73. The van der Waals surface area contributed by atoms with Gasteiger partial charge in [-0.3, -0.25) is 4.90 Å². The summed E-state index contributed by atoms with van der Waals surface area (Å²) in [6, 6.07) is 9.71. The molecule has 160 valence electrons. The summed E-state index contributed by atoms with van der Waals surface area (Å²) in [7, 11) is 3.26. The third-order valence-electron chi connectivity index (χ3n) is 5.68. The average Bonchev–Trinajstić information content (AvgIpc) is 2.89. The topological polar surface area (TPSA) is 82.1 Å². The Balaban J connectivity index is 1.56. The zero-order valence-corrected chi connectivity index (χ0v) is 17.4. The molecule has 2 aliphatic rings. The van der Waals surface area contributed by atoms with E-state index in [0.29, 0.717) is 19.3 Å². The van der Waals surface area contributed by atoms with Gasteiger partial charge < -0.3 is 14.2 Å². The Morgan fingerprint density at radius 3 is 2.47 bits per heavy atom. The van der Waals surface area contributed by atoms with Gasteiger partial charge in [0.05, 0.1) is 13.2 Å². The van der Waals surface area contributed by atoms with Crippen LogP contribution in [0.5, 0.6) is 0 Å². The molecule has 2 heterocycles. The second-order valence-corrected chi connectivity index (χ2v) is 7.69. The Kier molecular flexibility index (Phi) is 7.05. The number of esters is 3. The molecule has 0 radical (unpaired) electrons. The molecule has 7 heteroatoms. The Morgan fingerprint density at radius 1 is 1.03 bits per heavy atom. The molecular weight excluding hydrogens is 386 g/mol. The highest BCUT2D eigenvalue weighted by Crippen LogP contribution is 2.37. The predicted octanol–water partition coefficient (Wildman–Crippen LogP) is 2.51. The molecule has 2 aliphatic heterocycles. The minimum absolute atomic E-state index is 0.0127. The van der Waals surface area contributed by atoms with Crippen molar-refractivity contribution in [1.82, 2.24) is 4.90 Å². The number of hydrogen-bond donors (Lipinski definition) is 0. The van der Waals surface area contributed by atoms with Gasteiger partial charge in [0.15, 0.2) is 0 Å². The van der Waals surface area contributed by atoms with Gasteiger partial charge in [0.25, 0.3) is 0 Å². The van der Waals surface area contributed by atoms with Crippen LogP contribution in [0.4, 0.5) is 0 Å². The monoisotopic (exact) mass is 413 g/mol. The SMILES string of the molecule is COC(=O)C(C)=CC(=O)O[C@@H]1C[C@@H]2C[C@@H](OC(=O)C=Cc3ccccc3)[C@H](C1)N2C. The summed E-state index contributed by atoms with van der Waals surface area (Å²) in [5, 5.41) is 0. The van der Waals surface area contributed by atoms with Crippen molar-refractivity contribution >= 4 is 24.0 Å². The molecule has 2 saturated heterocycles. The summed E-state index contributed by atoms with van der Waals surface area (Å²) >= 11 is 0. The maximum Gasteiger partial charge on any atom is 0.333 e. The number of carbonyl (C=O) groups excluding carboxylic acids is 3. The van der Waals surface area contributed by atoms with E-state index >= 15 is 0 Å². The van der Waals surface area contributed by atoms with Gasteiger partial charge in [0.2, 0.25) is 0 Å². The van der Waals surface area contributed by atoms with E-state index in [1.54, 1.807) is 6.08 Å². The van der Waals surface area contributed by atoms with Gasteiger partial charge >= 0.3 is 17.9 Å². The van der Waals surface area contributed by atoms with E-state index in [9.17, 15) is 14.4 Å². The third kappa shape index (κ3) is 5.36. The van der Waals surface area contributed by atoms with Crippen LogP contribution in [-0.2, 0) is 28.6 Å². The molecule has 0 aromatic heterocycles. The molecule has 1 aromatic rings. The first-order valence-electron chi connectivity index (χ1n) is 10.00. The van der Waals surface area contributed by atoms with Crippen molar-refractivity contribution in [3.63, 3.8) is 0 Å². The van der Waals surface area contributed by atoms with E-state index in [0.717, 1.165) is 11.6 Å². The standard InChI is InChI=1S/C23H27NO6/c1-15(23(27)28-3)11-22(26)29-18-12-17-13-20(19(14-18)24(17)2)30-21(25)10-9-16-7-5-4-6-8-16/h4-11,17-20H,12-14H2,1-3H3/t17-,18-,19+,20-/m1/s1. The molecule has 30 heavy (non-hydrogen) atoms. The molecular formula is C23H27NO6. The van der Waals surface area contributed by atoms with Crippen molar-refractivity contribution < 1.29 is 28.6 Å². The van der Waals surface area contributed by atoms with Crippen LogP contribution in [0.2, 0.25) is 0 Å². The second-order valence-electron chi connectivity index (χ2n) is 7.69. The fraction of sp³-hybridized carbons (Fsp3) is 0.435. The molecule has 2 fully saturated rings. The number of hydrogen-bond acceptors (Lipinski definition) is 7. The molecule has 0 unspecified atom stereocenters. The lowest BCUT2D eigenvalue weighted by atomic mass is 10.0. The molecule has 7 nitrogen and oxygen atoms in total. The summed E-state index contributed by atoms with van der Waals surface area (Å²) in [5.41, 5.74) is 1.12. The Morgan fingerprint density at radius 2 is 1.77 bits per heavy atom. The number of benzene rings is 1. The third-order valence-corrected chi connectivity index (χ3v) is 5.68. The van der Waals surface area contributed by atoms with E-state index in [1.807, 2.05) is 37.4 Å². The van der Waals surface area contributed by atoms with Gasteiger partial charge in [-0.05, 0) is 25.6 Å². The lowest BCUT2D eigenvalue weighted by Gasteiger charge is -2.36. The number of likely N-dealkylation sites (N-methyl/N-ethyl adjacent to an activating group) is 1. The number of nitrogens with zero attached hydrogens (tertiary/aromatic N) is 1. The van der Waals surface area contributed by atoms with Crippen molar-refractivity contribution in [3.8, 4) is 0 Å². The highest BCUT2D eigenvalue weighted by atomic mass is 16.6. The minimum Gasteiger partial charge on any atom is -0.466 e. The van der Waals surface area contributed by atoms with Crippen LogP contribution in [0.15, 0.2) is 48.1 Å². The minimum atomic E-state index is -0.564.